The summed E-state index contributed by atoms with van der Waals surface area (Å²) < 4.78 is 8.80. The number of aromatic nitrogens is 1. The van der Waals surface area contributed by atoms with E-state index in [2.05, 4.69) is 55.8 Å². The van der Waals surface area contributed by atoms with Gasteiger partial charge in [-0.15, -0.1) is 0 Å². The van der Waals surface area contributed by atoms with E-state index >= 15 is 0 Å². The second-order valence-corrected chi connectivity index (χ2v) is 14.5. The van der Waals surface area contributed by atoms with E-state index in [1.165, 1.54) is 61.6 Å². The predicted octanol–water partition coefficient (Wildman–Crippen LogP) is 7.53. The van der Waals surface area contributed by atoms with Crippen molar-refractivity contribution in [2.75, 3.05) is 6.61 Å². The zero-order valence-corrected chi connectivity index (χ0v) is 25.5. The van der Waals surface area contributed by atoms with Crippen molar-refractivity contribution in [3.8, 4) is 17.0 Å². The molecule has 0 unspecified atom stereocenters. The Morgan fingerprint density at radius 3 is 2.34 bits per heavy atom. The maximum atomic E-state index is 13.7. The molecule has 6 nitrogen and oxygen atoms in total. The zero-order chi connectivity index (χ0) is 28.9. The number of amides is 1. The van der Waals surface area contributed by atoms with Gasteiger partial charge in [-0.05, 0) is 99.8 Å². The molecule has 2 aromatic rings. The number of carboxylic acid groups (broad SMARTS) is 1. The Hall–Kier alpha value is -2.76. The van der Waals surface area contributed by atoms with E-state index in [1.54, 1.807) is 0 Å². The summed E-state index contributed by atoms with van der Waals surface area (Å²) in [4.78, 5) is 25.2. The molecule has 41 heavy (non-hydrogen) atoms. The molecule has 1 aromatic heterocycles. The summed E-state index contributed by atoms with van der Waals surface area (Å²) in [5.41, 5.74) is 6.97. The zero-order valence-electron chi connectivity index (χ0n) is 25.5. The van der Waals surface area contributed by atoms with Crippen molar-refractivity contribution in [3.63, 3.8) is 0 Å². The first kappa shape index (κ1) is 28.4. The van der Waals surface area contributed by atoms with Crippen LogP contribution in [0.5, 0.6) is 5.75 Å². The van der Waals surface area contributed by atoms with E-state index in [9.17, 15) is 14.7 Å². The van der Waals surface area contributed by atoms with Crippen LogP contribution in [0.3, 0.4) is 0 Å². The number of aliphatic carboxylic acids is 1. The lowest BCUT2D eigenvalue weighted by Gasteiger charge is -2.33. The fourth-order valence-corrected chi connectivity index (χ4v) is 7.76. The summed E-state index contributed by atoms with van der Waals surface area (Å²) >= 11 is 0. The van der Waals surface area contributed by atoms with E-state index in [4.69, 9.17) is 4.74 Å². The van der Waals surface area contributed by atoms with E-state index in [-0.39, 0.29) is 28.7 Å². The first-order valence-corrected chi connectivity index (χ1v) is 16.1. The summed E-state index contributed by atoms with van der Waals surface area (Å²) in [6, 6.07) is 6.89. The van der Waals surface area contributed by atoms with Crippen molar-refractivity contribution in [1.29, 1.82) is 0 Å². The molecule has 0 bridgehead atoms. The lowest BCUT2D eigenvalue weighted by atomic mass is 9.79. The van der Waals surface area contributed by atoms with Gasteiger partial charge in [0.05, 0.1) is 18.1 Å². The topological polar surface area (TPSA) is 80.6 Å². The Kier molecular flexibility index (Phi) is 7.48. The van der Waals surface area contributed by atoms with E-state index in [0.717, 1.165) is 55.1 Å². The molecule has 2 N–H and O–H groups in total. The Labute approximate surface area is 245 Å². The highest BCUT2D eigenvalue weighted by Gasteiger charge is 2.49. The molecule has 1 aromatic carbocycles. The Balaban J connectivity index is 1.38. The number of carbonyl (C=O) groups excluding carboxylic acids is 1. The number of nitrogens with zero attached hydrogens (tertiary/aromatic N) is 1. The van der Waals surface area contributed by atoms with Crippen LogP contribution in [0.15, 0.2) is 18.2 Å². The molecule has 0 atom stereocenters. The monoisotopic (exact) mass is 560 g/mol. The quantitative estimate of drug-likeness (QED) is 0.383. The number of fused-ring (bicyclic) bond motifs is 2. The van der Waals surface area contributed by atoms with Gasteiger partial charge < -0.3 is 19.7 Å². The second-order valence-electron chi connectivity index (χ2n) is 14.5. The normalized spacial score (nSPS) is 24.0. The van der Waals surface area contributed by atoms with Gasteiger partial charge in [0.1, 0.15) is 5.75 Å². The Bertz CT molecular complexity index is 1300. The van der Waals surface area contributed by atoms with Crippen LogP contribution in [0.25, 0.3) is 11.3 Å². The molecule has 0 radical (unpaired) electrons. The van der Waals surface area contributed by atoms with Crippen molar-refractivity contribution < 1.29 is 19.4 Å². The number of rotatable bonds is 6. The number of benzene rings is 1. The predicted molar refractivity (Wildman–Crippen MR) is 162 cm³/mol. The molecule has 6 rings (SSSR count). The van der Waals surface area contributed by atoms with Crippen LogP contribution in [0, 0.1) is 18.8 Å². The van der Waals surface area contributed by atoms with Gasteiger partial charge in [-0.25, -0.2) is 0 Å². The van der Waals surface area contributed by atoms with Gasteiger partial charge >= 0.3 is 5.97 Å². The molecular formula is C35H48N2O4. The molecule has 222 valence electrons. The van der Waals surface area contributed by atoms with Gasteiger partial charge in [0.15, 0.2) is 0 Å². The van der Waals surface area contributed by atoms with Crippen LogP contribution in [-0.4, -0.2) is 34.2 Å². The van der Waals surface area contributed by atoms with Crippen molar-refractivity contribution in [3.05, 3.63) is 40.6 Å². The third-order valence-corrected chi connectivity index (χ3v) is 10.6. The van der Waals surface area contributed by atoms with Crippen LogP contribution in [-0.2, 0) is 22.2 Å². The molecule has 0 saturated heterocycles. The van der Waals surface area contributed by atoms with Crippen LogP contribution < -0.4 is 10.1 Å². The molecule has 6 heteroatoms. The van der Waals surface area contributed by atoms with Crippen molar-refractivity contribution in [2.45, 2.75) is 128 Å². The molecule has 1 amide bonds. The van der Waals surface area contributed by atoms with Gasteiger partial charge in [0.25, 0.3) is 5.91 Å². The first-order chi connectivity index (χ1) is 19.6. The summed E-state index contributed by atoms with van der Waals surface area (Å²) in [5, 5.41) is 12.7. The van der Waals surface area contributed by atoms with Crippen molar-refractivity contribution in [1.82, 2.24) is 9.88 Å². The molecule has 1 spiro atoms. The Morgan fingerprint density at radius 1 is 1.00 bits per heavy atom. The molecule has 4 aliphatic rings. The minimum Gasteiger partial charge on any atom is -0.493 e. The third-order valence-electron chi connectivity index (χ3n) is 10.6. The fraction of sp³-hybridized carbons (Fsp3) is 0.657. The van der Waals surface area contributed by atoms with E-state index in [0.29, 0.717) is 18.8 Å². The molecule has 1 aliphatic heterocycles. The molecule has 3 saturated carbocycles. The van der Waals surface area contributed by atoms with Crippen molar-refractivity contribution in [2.24, 2.45) is 11.8 Å². The third kappa shape index (κ3) is 5.56. The lowest BCUT2D eigenvalue weighted by molar-refractivity contribution is -0.142. The second kappa shape index (κ2) is 10.8. The number of ether oxygens (including phenoxy) is 1. The lowest BCUT2D eigenvalue weighted by Crippen LogP contribution is -2.38. The van der Waals surface area contributed by atoms with Crippen molar-refractivity contribution >= 4 is 11.9 Å². The minimum atomic E-state index is -0.715. The molecular weight excluding hydrogens is 512 g/mol. The first-order valence-electron chi connectivity index (χ1n) is 16.1. The van der Waals surface area contributed by atoms with Gasteiger partial charge in [0, 0.05) is 40.5 Å². The number of nitrogens with one attached hydrogen (secondary N) is 1. The summed E-state index contributed by atoms with van der Waals surface area (Å²) in [6.07, 6.45) is 12.7. The number of hydrogen-bond acceptors (Lipinski definition) is 3. The summed E-state index contributed by atoms with van der Waals surface area (Å²) in [7, 11) is 0. The smallest absolute Gasteiger partial charge is 0.306 e. The van der Waals surface area contributed by atoms with Crippen LogP contribution >= 0.6 is 0 Å². The van der Waals surface area contributed by atoms with Gasteiger partial charge in [-0.1, -0.05) is 40.0 Å². The van der Waals surface area contributed by atoms with Crippen LogP contribution in [0.1, 0.15) is 125 Å². The standard InChI is InChI=1S/C35H48N2O4/c1-22-27(32(38)36-26-12-10-24(11-13-26)33(39)40)20-30(37(22)21-23-8-6-5-7-9-23)25-18-28(34(2,3)4)31-29(19-25)35(14-15-35)16-17-41-31/h18-20,23-24,26H,5-17,21H2,1-4H3,(H,36,38)(H,39,40). The number of hydrogen-bond donors (Lipinski definition) is 2. The minimum absolute atomic E-state index is 0.0269. The average Bonchev–Trinajstić information content (AvgIpc) is 3.64. The van der Waals surface area contributed by atoms with E-state index < -0.39 is 5.97 Å². The Morgan fingerprint density at radius 2 is 1.71 bits per heavy atom. The van der Waals surface area contributed by atoms with Gasteiger partial charge in [0.2, 0.25) is 0 Å². The average molecular weight is 561 g/mol. The van der Waals surface area contributed by atoms with Gasteiger partial charge in [-0.3, -0.25) is 9.59 Å². The van der Waals surface area contributed by atoms with Crippen LogP contribution in [0.2, 0.25) is 0 Å². The largest absolute Gasteiger partial charge is 0.493 e. The van der Waals surface area contributed by atoms with Crippen LogP contribution in [0.4, 0.5) is 0 Å². The highest BCUT2D eigenvalue weighted by molar-refractivity contribution is 5.97. The highest BCUT2D eigenvalue weighted by atomic mass is 16.5. The molecule has 3 fully saturated rings. The maximum absolute atomic E-state index is 13.7. The summed E-state index contributed by atoms with van der Waals surface area (Å²) in [6.45, 7) is 10.7. The SMILES string of the molecule is Cc1c(C(=O)NC2CCC(C(=O)O)CC2)cc(-c2cc(C(C)(C)C)c3c(c2)C2(CCO3)CC2)n1CC1CCCCC1. The van der Waals surface area contributed by atoms with Gasteiger partial charge in [-0.2, -0.15) is 0 Å². The number of carboxylic acids is 1. The highest BCUT2D eigenvalue weighted by Crippen LogP contribution is 2.58. The van der Waals surface area contributed by atoms with E-state index in [1.807, 2.05) is 0 Å². The molecule has 2 heterocycles. The fourth-order valence-electron chi connectivity index (χ4n) is 7.76. The molecule has 3 aliphatic carbocycles. The number of carbonyl (C=O) groups is 2. The summed E-state index contributed by atoms with van der Waals surface area (Å²) in [5.74, 6) is 0.706. The maximum Gasteiger partial charge on any atom is 0.306 e.